The smallest absolute Gasteiger partial charge is 0.244 e. The predicted octanol–water partition coefficient (Wildman–Crippen LogP) is 1.41. The van der Waals surface area contributed by atoms with Gasteiger partial charge in [0.1, 0.15) is 5.69 Å². The summed E-state index contributed by atoms with van der Waals surface area (Å²) in [6.07, 6.45) is 3.29. The largest absolute Gasteiger partial charge is 0.337 e. The fraction of sp³-hybridized carbons (Fsp3) is 0.438. The lowest BCUT2D eigenvalue weighted by Gasteiger charge is -2.37. The molecular formula is C16H18BrN5O3S. The van der Waals surface area contributed by atoms with Gasteiger partial charge in [0.25, 0.3) is 0 Å². The number of nitrogens with zero attached hydrogens (tertiary/aromatic N) is 5. The van der Waals surface area contributed by atoms with Crippen molar-refractivity contribution in [3.8, 4) is 0 Å². The molecule has 26 heavy (non-hydrogen) atoms. The van der Waals surface area contributed by atoms with Crippen molar-refractivity contribution >= 4 is 31.9 Å². The molecule has 4 rings (SSSR count). The van der Waals surface area contributed by atoms with E-state index in [2.05, 4.69) is 26.2 Å². The second kappa shape index (κ2) is 6.75. The molecule has 2 fully saturated rings. The number of amides is 1. The van der Waals surface area contributed by atoms with Gasteiger partial charge in [-0.1, -0.05) is 17.3 Å². The van der Waals surface area contributed by atoms with Crippen LogP contribution in [-0.4, -0.2) is 58.2 Å². The number of rotatable bonds is 5. The van der Waals surface area contributed by atoms with Crippen LogP contribution in [0.15, 0.2) is 39.8 Å². The summed E-state index contributed by atoms with van der Waals surface area (Å²) in [5, 5.41) is 8.23. The number of halogens is 1. The standard InChI is InChI=1S/C16H18BrN5O3S/c17-14-4-1-2-5-15(14)26(24,25)21-10-13(11-21)22-9-12(18-19-22)8-20-7-3-6-16(20)23/h1-2,4-5,9,13H,3,6-8,10-11H2. The highest BCUT2D eigenvalue weighted by Gasteiger charge is 2.39. The molecular weight excluding hydrogens is 422 g/mol. The number of carbonyl (C=O) groups excluding carboxylic acids is 1. The third-order valence-electron chi connectivity index (χ3n) is 4.74. The molecule has 1 aromatic heterocycles. The van der Waals surface area contributed by atoms with Gasteiger partial charge in [-0.25, -0.2) is 13.1 Å². The molecule has 0 radical (unpaired) electrons. The first-order valence-electron chi connectivity index (χ1n) is 8.38. The van der Waals surface area contributed by atoms with E-state index in [1.165, 1.54) is 4.31 Å². The molecule has 2 aromatic rings. The van der Waals surface area contributed by atoms with Gasteiger partial charge >= 0.3 is 0 Å². The molecule has 138 valence electrons. The van der Waals surface area contributed by atoms with Crippen LogP contribution in [0.4, 0.5) is 0 Å². The van der Waals surface area contributed by atoms with Gasteiger partial charge in [0.2, 0.25) is 15.9 Å². The zero-order valence-electron chi connectivity index (χ0n) is 14.0. The van der Waals surface area contributed by atoms with E-state index in [-0.39, 0.29) is 16.8 Å². The maximum atomic E-state index is 12.7. The van der Waals surface area contributed by atoms with Crippen molar-refractivity contribution in [1.29, 1.82) is 0 Å². The Morgan fingerprint density at radius 3 is 2.69 bits per heavy atom. The van der Waals surface area contributed by atoms with Crippen LogP contribution in [0.1, 0.15) is 24.6 Å². The fourth-order valence-corrected chi connectivity index (χ4v) is 5.68. The number of benzene rings is 1. The zero-order chi connectivity index (χ0) is 18.3. The first-order chi connectivity index (χ1) is 12.4. The van der Waals surface area contributed by atoms with E-state index in [0.29, 0.717) is 30.5 Å². The van der Waals surface area contributed by atoms with E-state index >= 15 is 0 Å². The van der Waals surface area contributed by atoms with E-state index in [4.69, 9.17) is 0 Å². The molecule has 0 atom stereocenters. The number of hydrogen-bond donors (Lipinski definition) is 0. The first kappa shape index (κ1) is 17.6. The van der Waals surface area contributed by atoms with Gasteiger partial charge in [0.05, 0.1) is 23.7 Å². The second-order valence-electron chi connectivity index (χ2n) is 6.52. The Labute approximate surface area is 160 Å². The van der Waals surface area contributed by atoms with Gasteiger partial charge in [-0.05, 0) is 34.5 Å². The maximum Gasteiger partial charge on any atom is 0.244 e. The Balaban J connectivity index is 1.41. The third kappa shape index (κ3) is 3.17. The van der Waals surface area contributed by atoms with Crippen molar-refractivity contribution in [2.24, 2.45) is 0 Å². The average molecular weight is 440 g/mol. The molecule has 8 nitrogen and oxygen atoms in total. The Kier molecular flexibility index (Phi) is 4.57. The molecule has 1 aromatic carbocycles. The van der Waals surface area contributed by atoms with Crippen LogP contribution in [-0.2, 0) is 21.4 Å². The van der Waals surface area contributed by atoms with E-state index in [9.17, 15) is 13.2 Å². The Morgan fingerprint density at radius 1 is 1.23 bits per heavy atom. The lowest BCUT2D eigenvalue weighted by molar-refractivity contribution is -0.128. The van der Waals surface area contributed by atoms with Gasteiger partial charge in [0, 0.05) is 30.5 Å². The fourth-order valence-electron chi connectivity index (χ4n) is 3.20. The molecule has 0 saturated carbocycles. The van der Waals surface area contributed by atoms with Crippen LogP contribution >= 0.6 is 15.9 Å². The summed E-state index contributed by atoms with van der Waals surface area (Å²) in [7, 11) is -3.52. The van der Waals surface area contributed by atoms with Crippen molar-refractivity contribution < 1.29 is 13.2 Å². The molecule has 10 heteroatoms. The zero-order valence-corrected chi connectivity index (χ0v) is 16.4. The number of likely N-dealkylation sites (tertiary alicyclic amines) is 1. The van der Waals surface area contributed by atoms with Crippen molar-refractivity contribution in [3.63, 3.8) is 0 Å². The summed E-state index contributed by atoms with van der Waals surface area (Å²) in [5.41, 5.74) is 0.729. The Hall–Kier alpha value is -1.78. The number of sulfonamides is 1. The van der Waals surface area contributed by atoms with E-state index in [0.717, 1.165) is 18.7 Å². The Bertz CT molecular complexity index is 939. The van der Waals surface area contributed by atoms with Crippen LogP contribution in [0.3, 0.4) is 0 Å². The van der Waals surface area contributed by atoms with Gasteiger partial charge < -0.3 is 4.90 Å². The maximum absolute atomic E-state index is 12.7. The first-order valence-corrected chi connectivity index (χ1v) is 10.6. The average Bonchev–Trinajstić information content (AvgIpc) is 3.16. The molecule has 2 saturated heterocycles. The SMILES string of the molecule is O=C1CCCN1Cc1cn(C2CN(S(=O)(=O)c3ccccc3Br)C2)nn1. The Morgan fingerprint density at radius 2 is 2.00 bits per heavy atom. The number of carbonyl (C=O) groups is 1. The van der Waals surface area contributed by atoms with E-state index < -0.39 is 10.0 Å². The normalized spacial score (nSPS) is 19.1. The highest BCUT2D eigenvalue weighted by molar-refractivity contribution is 9.10. The van der Waals surface area contributed by atoms with E-state index in [1.807, 2.05) is 0 Å². The molecule has 0 unspecified atom stereocenters. The highest BCUT2D eigenvalue weighted by Crippen LogP contribution is 2.31. The minimum absolute atomic E-state index is 0.0391. The molecule has 0 bridgehead atoms. The van der Waals surface area contributed by atoms with Crippen molar-refractivity contribution in [1.82, 2.24) is 24.2 Å². The van der Waals surface area contributed by atoms with Crippen molar-refractivity contribution in [2.75, 3.05) is 19.6 Å². The molecule has 0 aliphatic carbocycles. The lowest BCUT2D eigenvalue weighted by Crippen LogP contribution is -2.50. The molecule has 3 heterocycles. The van der Waals surface area contributed by atoms with Crippen molar-refractivity contribution in [3.05, 3.63) is 40.6 Å². The minimum atomic E-state index is -3.52. The van der Waals surface area contributed by atoms with Crippen molar-refractivity contribution in [2.45, 2.75) is 30.3 Å². The topological polar surface area (TPSA) is 88.4 Å². The van der Waals surface area contributed by atoms with Crippen LogP contribution in [0.5, 0.6) is 0 Å². The molecule has 2 aliphatic heterocycles. The quantitative estimate of drug-likeness (QED) is 0.702. The van der Waals surface area contributed by atoms with Crippen LogP contribution in [0, 0.1) is 0 Å². The van der Waals surface area contributed by atoms with Gasteiger partial charge in [-0.15, -0.1) is 5.10 Å². The van der Waals surface area contributed by atoms with Gasteiger partial charge in [-0.2, -0.15) is 4.31 Å². The van der Waals surface area contributed by atoms with E-state index in [1.54, 1.807) is 40.0 Å². The monoisotopic (exact) mass is 439 g/mol. The summed E-state index contributed by atoms with van der Waals surface area (Å²) >= 11 is 3.30. The van der Waals surface area contributed by atoms with Crippen LogP contribution in [0.25, 0.3) is 0 Å². The number of aromatic nitrogens is 3. The molecule has 0 spiro atoms. The number of hydrogen-bond acceptors (Lipinski definition) is 5. The summed E-state index contributed by atoms with van der Waals surface area (Å²) in [4.78, 5) is 13.7. The predicted molar refractivity (Wildman–Crippen MR) is 96.6 cm³/mol. The third-order valence-corrected chi connectivity index (χ3v) is 7.58. The summed E-state index contributed by atoms with van der Waals surface area (Å²) in [5.74, 6) is 0.147. The second-order valence-corrected chi connectivity index (χ2v) is 9.28. The van der Waals surface area contributed by atoms with Gasteiger partial charge in [-0.3, -0.25) is 4.79 Å². The molecule has 2 aliphatic rings. The summed E-state index contributed by atoms with van der Waals surface area (Å²) < 4.78 is 29.1. The summed E-state index contributed by atoms with van der Waals surface area (Å²) in [6, 6.07) is 6.76. The lowest BCUT2D eigenvalue weighted by atomic mass is 10.2. The summed E-state index contributed by atoms with van der Waals surface area (Å²) in [6.45, 7) is 1.93. The van der Waals surface area contributed by atoms with Gasteiger partial charge in [0.15, 0.2) is 0 Å². The molecule has 0 N–H and O–H groups in total. The minimum Gasteiger partial charge on any atom is -0.337 e. The van der Waals surface area contributed by atoms with Crippen LogP contribution in [0.2, 0.25) is 0 Å². The highest BCUT2D eigenvalue weighted by atomic mass is 79.9. The molecule has 1 amide bonds. The van der Waals surface area contributed by atoms with Crippen LogP contribution < -0.4 is 0 Å².